The number of methoxy groups -OCH3 is 1. The fourth-order valence-electron chi connectivity index (χ4n) is 3.04. The van der Waals surface area contributed by atoms with Gasteiger partial charge >= 0.3 is 0 Å². The minimum absolute atomic E-state index is 0.0418. The predicted molar refractivity (Wildman–Crippen MR) is 96.5 cm³/mol. The molecule has 0 spiro atoms. The van der Waals surface area contributed by atoms with Crippen LogP contribution in [0.3, 0.4) is 0 Å². The number of hydrogen-bond acceptors (Lipinski definition) is 8. The molecule has 0 amide bonds. The third kappa shape index (κ3) is 3.28. The normalized spacial score (nSPS) is 23.1. The van der Waals surface area contributed by atoms with Crippen LogP contribution in [0.15, 0.2) is 30.3 Å². The second-order valence-corrected chi connectivity index (χ2v) is 6.98. The van der Waals surface area contributed by atoms with Crippen LogP contribution in [-0.4, -0.2) is 35.4 Å². The molecule has 1 aromatic heterocycles. The lowest BCUT2D eigenvalue weighted by atomic mass is 9.90. The van der Waals surface area contributed by atoms with Gasteiger partial charge in [-0.15, -0.1) is 0 Å². The molecule has 0 aliphatic carbocycles. The number of nitrogens with one attached hydrogen (secondary N) is 1. The van der Waals surface area contributed by atoms with Crippen molar-refractivity contribution in [2.24, 2.45) is 11.6 Å². The molecule has 2 unspecified atom stereocenters. The molecule has 0 radical (unpaired) electrons. The zero-order valence-electron chi connectivity index (χ0n) is 14.1. The van der Waals surface area contributed by atoms with Crippen molar-refractivity contribution in [2.45, 2.75) is 17.7 Å². The van der Waals surface area contributed by atoms with Gasteiger partial charge in [0, 0.05) is 13.1 Å². The summed E-state index contributed by atoms with van der Waals surface area (Å²) in [5.41, 5.74) is 7.33. The molecule has 3 rings (SSSR count). The number of aromatic nitrogens is 2. The highest BCUT2D eigenvalue weighted by atomic mass is 32.2. The molecule has 25 heavy (non-hydrogen) atoms. The number of benzene rings is 1. The summed E-state index contributed by atoms with van der Waals surface area (Å²) in [5.74, 6) is 5.28. The highest BCUT2D eigenvalue weighted by Gasteiger charge is 2.46. The van der Waals surface area contributed by atoms with E-state index in [9.17, 15) is 4.39 Å². The van der Waals surface area contributed by atoms with Crippen LogP contribution in [0.5, 0.6) is 5.88 Å². The molecule has 2 aromatic rings. The van der Waals surface area contributed by atoms with Gasteiger partial charge in [-0.05, 0) is 12.5 Å². The molecule has 5 N–H and O–H groups in total. The molecular weight excluding hydrogens is 343 g/mol. The summed E-state index contributed by atoms with van der Waals surface area (Å²) in [5, 5.41) is -0.0418. The van der Waals surface area contributed by atoms with Crippen molar-refractivity contribution in [1.82, 2.24) is 14.8 Å². The van der Waals surface area contributed by atoms with Crippen molar-refractivity contribution in [3.8, 4) is 5.88 Å². The van der Waals surface area contributed by atoms with E-state index in [1.807, 2.05) is 35.2 Å². The van der Waals surface area contributed by atoms with Gasteiger partial charge in [0.1, 0.15) is 0 Å². The van der Waals surface area contributed by atoms with E-state index in [-0.39, 0.29) is 16.8 Å². The Kier molecular flexibility index (Phi) is 5.09. The maximum Gasteiger partial charge on any atom is 0.255 e. The Morgan fingerprint density at radius 1 is 1.36 bits per heavy atom. The Morgan fingerprint density at radius 3 is 2.72 bits per heavy atom. The number of nitrogens with zero attached hydrogens (tertiary/aromatic N) is 3. The van der Waals surface area contributed by atoms with Crippen LogP contribution in [0.2, 0.25) is 0 Å². The van der Waals surface area contributed by atoms with Crippen molar-refractivity contribution in [1.29, 1.82) is 0 Å². The summed E-state index contributed by atoms with van der Waals surface area (Å²) in [6.07, 6.45) is 0. The fourth-order valence-corrected chi connectivity index (χ4v) is 3.88. The number of anilines is 1. The summed E-state index contributed by atoms with van der Waals surface area (Å²) < 4.78 is 19.0. The molecule has 1 fully saturated rings. The van der Waals surface area contributed by atoms with Crippen LogP contribution in [0.1, 0.15) is 11.3 Å². The van der Waals surface area contributed by atoms with Gasteiger partial charge in [-0.25, -0.2) is 9.82 Å². The lowest BCUT2D eigenvalue weighted by Gasteiger charge is -2.30. The molecule has 1 saturated heterocycles. The van der Waals surface area contributed by atoms with Crippen molar-refractivity contribution in [2.75, 3.05) is 25.1 Å². The third-order valence-electron chi connectivity index (χ3n) is 4.39. The van der Waals surface area contributed by atoms with E-state index in [0.717, 1.165) is 5.56 Å². The smallest absolute Gasteiger partial charge is 0.255 e. The second-order valence-electron chi connectivity index (χ2n) is 5.94. The number of ether oxygens (including phenoxy) is 1. The van der Waals surface area contributed by atoms with Gasteiger partial charge in [-0.3, -0.25) is 5.84 Å². The van der Waals surface area contributed by atoms with Crippen LogP contribution < -0.4 is 26.0 Å². The summed E-state index contributed by atoms with van der Waals surface area (Å²) >= 11 is 1.36. The maximum absolute atomic E-state index is 14.0. The van der Waals surface area contributed by atoms with Gasteiger partial charge in [-0.1, -0.05) is 42.3 Å². The van der Waals surface area contributed by atoms with Gasteiger partial charge < -0.3 is 15.4 Å². The summed E-state index contributed by atoms with van der Waals surface area (Å²) in [4.78, 5) is 13.0. The summed E-state index contributed by atoms with van der Waals surface area (Å²) in [6, 6.07) is 9.83. The number of rotatable bonds is 5. The summed E-state index contributed by atoms with van der Waals surface area (Å²) in [7, 11) is 1.38. The quantitative estimate of drug-likeness (QED) is 0.412. The van der Waals surface area contributed by atoms with Crippen molar-refractivity contribution in [3.05, 3.63) is 47.4 Å². The number of aryl methyl sites for hydroxylation is 1. The monoisotopic (exact) mass is 364 g/mol. The van der Waals surface area contributed by atoms with Gasteiger partial charge in [-0.2, -0.15) is 9.37 Å². The SMILES string of the molecule is COc1nc(N2CC(SNN)C(N)(c3ccccc3)C2)nc(C)c1F. The Morgan fingerprint density at radius 2 is 2.08 bits per heavy atom. The van der Waals surface area contributed by atoms with E-state index in [1.165, 1.54) is 19.1 Å². The molecule has 9 heteroatoms. The zero-order chi connectivity index (χ0) is 18.0. The van der Waals surface area contributed by atoms with Gasteiger partial charge in [0.25, 0.3) is 5.88 Å². The topological polar surface area (TPSA) is 102 Å². The van der Waals surface area contributed by atoms with Crippen LogP contribution >= 0.6 is 11.9 Å². The van der Waals surface area contributed by atoms with Crippen molar-refractivity contribution in [3.63, 3.8) is 0 Å². The van der Waals surface area contributed by atoms with Gasteiger partial charge in [0.15, 0.2) is 0 Å². The van der Waals surface area contributed by atoms with Crippen LogP contribution in [0.4, 0.5) is 10.3 Å². The number of halogens is 1. The molecule has 2 atom stereocenters. The van der Waals surface area contributed by atoms with Gasteiger partial charge in [0.05, 0.1) is 23.6 Å². The number of hydrazine groups is 1. The van der Waals surface area contributed by atoms with E-state index in [0.29, 0.717) is 19.0 Å². The molecule has 2 heterocycles. The molecule has 1 aliphatic rings. The zero-order valence-corrected chi connectivity index (χ0v) is 14.9. The van der Waals surface area contributed by atoms with E-state index >= 15 is 0 Å². The van der Waals surface area contributed by atoms with E-state index in [2.05, 4.69) is 14.8 Å². The molecule has 1 aliphatic heterocycles. The first-order chi connectivity index (χ1) is 12.0. The third-order valence-corrected chi connectivity index (χ3v) is 5.38. The van der Waals surface area contributed by atoms with Crippen LogP contribution in [0.25, 0.3) is 0 Å². The number of nitrogens with two attached hydrogens (primary N) is 2. The Hall–Kier alpha value is -1.94. The molecule has 0 saturated carbocycles. The Bertz CT molecular complexity index is 749. The van der Waals surface area contributed by atoms with E-state index < -0.39 is 11.4 Å². The van der Waals surface area contributed by atoms with Crippen LogP contribution in [-0.2, 0) is 5.54 Å². The Labute approximate surface area is 150 Å². The van der Waals surface area contributed by atoms with Crippen LogP contribution in [0, 0.1) is 12.7 Å². The van der Waals surface area contributed by atoms with Crippen molar-refractivity contribution < 1.29 is 9.13 Å². The Balaban J connectivity index is 1.97. The standard InChI is InChI=1S/C16H21FN6OS/c1-10-13(17)14(24-2)21-15(20-10)23-8-12(25-22-19)16(18,9-23)11-6-4-3-5-7-11/h3-7,12,22H,8-9,18-19H2,1-2H3. The molecule has 0 bridgehead atoms. The van der Waals surface area contributed by atoms with E-state index in [1.54, 1.807) is 6.92 Å². The molecule has 7 nitrogen and oxygen atoms in total. The lowest BCUT2D eigenvalue weighted by Crippen LogP contribution is -2.47. The first-order valence-electron chi connectivity index (χ1n) is 7.78. The summed E-state index contributed by atoms with van der Waals surface area (Å²) in [6.45, 7) is 2.62. The van der Waals surface area contributed by atoms with Crippen molar-refractivity contribution >= 4 is 17.9 Å². The minimum atomic E-state index is -0.656. The first kappa shape index (κ1) is 17.9. The lowest BCUT2D eigenvalue weighted by molar-refractivity contribution is 0.365. The highest BCUT2D eigenvalue weighted by molar-refractivity contribution is 7.98. The van der Waals surface area contributed by atoms with Gasteiger partial charge in [0.2, 0.25) is 11.8 Å². The second kappa shape index (κ2) is 7.12. The average Bonchev–Trinajstić information content (AvgIpc) is 2.96. The minimum Gasteiger partial charge on any atom is -0.479 e. The average molecular weight is 364 g/mol. The largest absolute Gasteiger partial charge is 0.479 e. The number of hydrogen-bond donors (Lipinski definition) is 3. The maximum atomic E-state index is 14.0. The van der Waals surface area contributed by atoms with E-state index in [4.69, 9.17) is 16.3 Å². The first-order valence-corrected chi connectivity index (χ1v) is 8.66. The highest BCUT2D eigenvalue weighted by Crippen LogP contribution is 2.37. The molecule has 134 valence electrons. The predicted octanol–water partition coefficient (Wildman–Crippen LogP) is 1.09. The molecular formula is C16H21FN6OS. The molecule has 1 aromatic carbocycles. The fraction of sp³-hybridized carbons (Fsp3) is 0.375.